The van der Waals surface area contributed by atoms with Crippen LogP contribution in [0.4, 0.5) is 0 Å². The summed E-state index contributed by atoms with van der Waals surface area (Å²) in [6, 6.07) is -0.552. The number of likely N-dealkylation sites (tertiary alicyclic amines) is 1. The SMILES string of the molecule is CCCC[C@@H]1NCCN(C(CC(C)C)C(=O)N2CCC(CC(N)=O)CC2)C1=O. The predicted octanol–water partition coefficient (Wildman–Crippen LogP) is 1.51. The molecule has 0 aromatic carbocycles. The molecule has 2 heterocycles. The van der Waals surface area contributed by atoms with E-state index in [1.807, 2.05) is 9.80 Å². The normalized spacial score (nSPS) is 22.6. The maximum Gasteiger partial charge on any atom is 0.245 e. The molecule has 0 aromatic heterocycles. The van der Waals surface area contributed by atoms with Gasteiger partial charge in [-0.25, -0.2) is 0 Å². The van der Waals surface area contributed by atoms with Gasteiger partial charge in [0.05, 0.1) is 6.04 Å². The molecule has 0 aromatic rings. The summed E-state index contributed by atoms with van der Waals surface area (Å²) in [6.07, 6.45) is 5.58. The molecule has 3 amide bonds. The Balaban J connectivity index is 2.05. The van der Waals surface area contributed by atoms with Crippen molar-refractivity contribution in [2.24, 2.45) is 17.6 Å². The minimum atomic E-state index is -0.383. The Kier molecular flexibility index (Phi) is 8.73. The van der Waals surface area contributed by atoms with Gasteiger partial charge in [-0.1, -0.05) is 33.6 Å². The smallest absolute Gasteiger partial charge is 0.245 e. The molecular weight excluding hydrogens is 356 g/mol. The minimum Gasteiger partial charge on any atom is -0.370 e. The third-order valence-electron chi connectivity index (χ3n) is 5.94. The van der Waals surface area contributed by atoms with Crippen LogP contribution in [0.3, 0.4) is 0 Å². The highest BCUT2D eigenvalue weighted by atomic mass is 16.2. The number of unbranched alkanes of at least 4 members (excludes halogenated alkanes) is 1. The van der Waals surface area contributed by atoms with Crippen molar-refractivity contribution in [2.75, 3.05) is 26.2 Å². The number of amides is 3. The van der Waals surface area contributed by atoms with Crippen molar-refractivity contribution in [3.63, 3.8) is 0 Å². The van der Waals surface area contributed by atoms with Gasteiger partial charge in [-0.05, 0) is 37.5 Å². The van der Waals surface area contributed by atoms with E-state index < -0.39 is 0 Å². The van der Waals surface area contributed by atoms with Crippen LogP contribution in [-0.4, -0.2) is 65.8 Å². The summed E-state index contributed by atoms with van der Waals surface area (Å²) in [5, 5.41) is 3.32. The molecule has 0 radical (unpaired) electrons. The van der Waals surface area contributed by atoms with Crippen molar-refractivity contribution in [1.82, 2.24) is 15.1 Å². The molecule has 7 nitrogen and oxygen atoms in total. The third-order valence-corrected chi connectivity index (χ3v) is 5.94. The summed E-state index contributed by atoms with van der Waals surface area (Å²) >= 11 is 0. The van der Waals surface area contributed by atoms with Crippen molar-refractivity contribution >= 4 is 17.7 Å². The molecule has 0 saturated carbocycles. The number of primary amides is 1. The number of hydrogen-bond acceptors (Lipinski definition) is 4. The zero-order valence-electron chi connectivity index (χ0n) is 17.8. The van der Waals surface area contributed by atoms with Gasteiger partial charge in [0.1, 0.15) is 6.04 Å². The highest BCUT2D eigenvalue weighted by Crippen LogP contribution is 2.24. The van der Waals surface area contributed by atoms with E-state index >= 15 is 0 Å². The summed E-state index contributed by atoms with van der Waals surface area (Å²) in [6.45, 7) is 8.93. The average Bonchev–Trinajstić information content (AvgIpc) is 2.65. The van der Waals surface area contributed by atoms with Crippen molar-refractivity contribution in [3.8, 4) is 0 Å². The van der Waals surface area contributed by atoms with E-state index in [0.29, 0.717) is 38.4 Å². The van der Waals surface area contributed by atoms with Crippen LogP contribution < -0.4 is 11.1 Å². The van der Waals surface area contributed by atoms with E-state index in [0.717, 1.165) is 38.6 Å². The molecule has 160 valence electrons. The van der Waals surface area contributed by atoms with Crippen LogP contribution in [0.2, 0.25) is 0 Å². The maximum atomic E-state index is 13.3. The molecule has 2 aliphatic heterocycles. The van der Waals surface area contributed by atoms with Crippen molar-refractivity contribution in [3.05, 3.63) is 0 Å². The monoisotopic (exact) mass is 394 g/mol. The van der Waals surface area contributed by atoms with Crippen LogP contribution in [0.1, 0.15) is 65.7 Å². The average molecular weight is 395 g/mol. The Labute approximate surface area is 169 Å². The number of carbonyl (C=O) groups excluding carboxylic acids is 3. The van der Waals surface area contributed by atoms with Gasteiger partial charge in [-0.15, -0.1) is 0 Å². The number of carbonyl (C=O) groups is 3. The lowest BCUT2D eigenvalue weighted by Gasteiger charge is -2.41. The molecule has 2 aliphatic rings. The molecule has 28 heavy (non-hydrogen) atoms. The summed E-state index contributed by atoms with van der Waals surface area (Å²) in [5.41, 5.74) is 5.31. The van der Waals surface area contributed by atoms with Crippen LogP contribution in [0.15, 0.2) is 0 Å². The fraction of sp³-hybridized carbons (Fsp3) is 0.857. The van der Waals surface area contributed by atoms with E-state index in [1.165, 1.54) is 0 Å². The first-order chi connectivity index (χ1) is 13.3. The molecule has 7 heteroatoms. The molecule has 1 unspecified atom stereocenters. The van der Waals surface area contributed by atoms with E-state index in [1.54, 1.807) is 0 Å². The number of nitrogens with zero attached hydrogens (tertiary/aromatic N) is 2. The fourth-order valence-corrected chi connectivity index (χ4v) is 4.36. The first kappa shape index (κ1) is 22.7. The molecule has 2 rings (SSSR count). The molecule has 0 aliphatic carbocycles. The van der Waals surface area contributed by atoms with Crippen LogP contribution in [-0.2, 0) is 14.4 Å². The zero-order chi connectivity index (χ0) is 20.7. The van der Waals surface area contributed by atoms with Crippen molar-refractivity contribution in [2.45, 2.75) is 77.8 Å². The van der Waals surface area contributed by atoms with Crippen LogP contribution in [0, 0.1) is 11.8 Å². The lowest BCUT2D eigenvalue weighted by atomic mass is 9.92. The number of hydrogen-bond donors (Lipinski definition) is 2. The van der Waals surface area contributed by atoms with E-state index in [4.69, 9.17) is 5.73 Å². The van der Waals surface area contributed by atoms with Gasteiger partial charge < -0.3 is 20.9 Å². The summed E-state index contributed by atoms with van der Waals surface area (Å²) < 4.78 is 0. The Bertz CT molecular complexity index is 544. The molecule has 0 spiro atoms. The van der Waals surface area contributed by atoms with Gasteiger partial charge in [0.2, 0.25) is 17.7 Å². The number of piperidine rings is 1. The molecule has 2 saturated heterocycles. The Hall–Kier alpha value is -1.63. The first-order valence-corrected chi connectivity index (χ1v) is 10.9. The Morgan fingerprint density at radius 2 is 1.89 bits per heavy atom. The Morgan fingerprint density at radius 3 is 2.46 bits per heavy atom. The van der Waals surface area contributed by atoms with Crippen LogP contribution in [0.5, 0.6) is 0 Å². The first-order valence-electron chi connectivity index (χ1n) is 10.9. The third kappa shape index (κ3) is 6.19. The van der Waals surface area contributed by atoms with E-state index in [-0.39, 0.29) is 35.7 Å². The van der Waals surface area contributed by atoms with Gasteiger partial charge in [-0.2, -0.15) is 0 Å². The molecule has 0 bridgehead atoms. The van der Waals surface area contributed by atoms with E-state index in [2.05, 4.69) is 26.1 Å². The van der Waals surface area contributed by atoms with E-state index in [9.17, 15) is 14.4 Å². The van der Waals surface area contributed by atoms with Crippen LogP contribution in [0.25, 0.3) is 0 Å². The summed E-state index contributed by atoms with van der Waals surface area (Å²) in [4.78, 5) is 41.3. The number of piperazine rings is 1. The summed E-state index contributed by atoms with van der Waals surface area (Å²) in [5.74, 6) is 0.465. The highest BCUT2D eigenvalue weighted by Gasteiger charge is 2.38. The van der Waals surface area contributed by atoms with Crippen LogP contribution >= 0.6 is 0 Å². The lowest BCUT2D eigenvalue weighted by Crippen LogP contribution is -2.62. The van der Waals surface area contributed by atoms with Gasteiger partial charge in [0, 0.05) is 32.6 Å². The number of nitrogens with two attached hydrogens (primary N) is 1. The maximum absolute atomic E-state index is 13.3. The fourth-order valence-electron chi connectivity index (χ4n) is 4.36. The topological polar surface area (TPSA) is 95.7 Å². The quantitative estimate of drug-likeness (QED) is 0.619. The summed E-state index contributed by atoms with van der Waals surface area (Å²) in [7, 11) is 0. The standard InChI is InChI=1S/C21H38N4O3/c1-4-5-6-17-20(27)25(12-9-23-17)18(13-15(2)3)21(28)24-10-7-16(8-11-24)14-19(22)26/h15-18,23H,4-14H2,1-3H3,(H2,22,26)/t17-,18?/m0/s1. The lowest BCUT2D eigenvalue weighted by molar-refractivity contribution is -0.150. The van der Waals surface area contributed by atoms with Gasteiger partial charge in [0.25, 0.3) is 0 Å². The highest BCUT2D eigenvalue weighted by molar-refractivity contribution is 5.90. The molecule has 2 atom stereocenters. The van der Waals surface area contributed by atoms with Crippen molar-refractivity contribution in [1.29, 1.82) is 0 Å². The number of nitrogens with one attached hydrogen (secondary N) is 1. The second-order valence-corrected chi connectivity index (χ2v) is 8.77. The largest absolute Gasteiger partial charge is 0.370 e. The Morgan fingerprint density at radius 1 is 1.21 bits per heavy atom. The van der Waals surface area contributed by atoms with Gasteiger partial charge in [0.15, 0.2) is 0 Å². The van der Waals surface area contributed by atoms with Gasteiger partial charge >= 0.3 is 0 Å². The van der Waals surface area contributed by atoms with Gasteiger partial charge in [-0.3, -0.25) is 14.4 Å². The van der Waals surface area contributed by atoms with Crippen molar-refractivity contribution < 1.29 is 14.4 Å². The zero-order valence-corrected chi connectivity index (χ0v) is 17.8. The predicted molar refractivity (Wildman–Crippen MR) is 109 cm³/mol. The second-order valence-electron chi connectivity index (χ2n) is 8.77. The minimum absolute atomic E-state index is 0.0655. The molecular formula is C21H38N4O3. The number of rotatable bonds is 9. The molecule has 2 fully saturated rings. The second kappa shape index (κ2) is 10.8. The molecule has 3 N–H and O–H groups in total.